The van der Waals surface area contributed by atoms with Crippen LogP contribution in [0.1, 0.15) is 53.9 Å². The molecule has 0 amide bonds. The molecule has 0 saturated heterocycles. The first kappa shape index (κ1) is 16.2. The van der Waals surface area contributed by atoms with E-state index in [1.165, 1.54) is 6.42 Å². The van der Waals surface area contributed by atoms with Gasteiger partial charge in [0.05, 0.1) is 18.9 Å². The van der Waals surface area contributed by atoms with Crippen molar-refractivity contribution >= 4 is 7.60 Å². The van der Waals surface area contributed by atoms with Gasteiger partial charge in [0.2, 0.25) is 0 Å². The molecule has 3 atom stereocenters. The van der Waals surface area contributed by atoms with Gasteiger partial charge >= 0.3 is 7.60 Å². The van der Waals surface area contributed by atoms with Crippen LogP contribution in [0.4, 0.5) is 0 Å². The molecule has 0 radical (unpaired) electrons. The Morgan fingerprint density at radius 3 is 2.17 bits per heavy atom. The third-order valence-corrected chi connectivity index (χ3v) is 6.93. The molecule has 108 valence electrons. The molecule has 18 heavy (non-hydrogen) atoms. The maximum Gasteiger partial charge on any atom is 0.333 e. The highest BCUT2D eigenvalue weighted by Gasteiger charge is 2.43. The zero-order valence-corrected chi connectivity index (χ0v) is 13.4. The summed E-state index contributed by atoms with van der Waals surface area (Å²) in [7, 11) is -2.93. The average molecular weight is 276 g/mol. The summed E-state index contributed by atoms with van der Waals surface area (Å²) in [4.78, 5) is 0. The first-order chi connectivity index (χ1) is 8.44. The fraction of sp³-hybridized carbons (Fsp3) is 1.00. The molecule has 1 aliphatic rings. The Morgan fingerprint density at radius 1 is 1.17 bits per heavy atom. The van der Waals surface area contributed by atoms with Gasteiger partial charge in [0.1, 0.15) is 0 Å². The highest BCUT2D eigenvalue weighted by atomic mass is 31.2. The minimum absolute atomic E-state index is 0.0820. The molecule has 1 fully saturated rings. The van der Waals surface area contributed by atoms with Crippen molar-refractivity contribution in [2.45, 2.75) is 59.5 Å². The van der Waals surface area contributed by atoms with E-state index in [0.717, 1.165) is 12.8 Å². The largest absolute Gasteiger partial charge is 0.333 e. The monoisotopic (exact) mass is 276 g/mol. The molecule has 0 aromatic carbocycles. The van der Waals surface area contributed by atoms with Crippen molar-refractivity contribution in [3.05, 3.63) is 0 Å². The molecule has 0 bridgehead atoms. The van der Waals surface area contributed by atoms with Gasteiger partial charge in [-0.15, -0.1) is 0 Å². The van der Waals surface area contributed by atoms with E-state index in [2.05, 4.69) is 20.8 Å². The molecule has 3 nitrogen and oxygen atoms in total. The van der Waals surface area contributed by atoms with Gasteiger partial charge in [-0.25, -0.2) is 0 Å². The fourth-order valence-corrected chi connectivity index (χ4v) is 5.44. The van der Waals surface area contributed by atoms with Gasteiger partial charge in [0.15, 0.2) is 0 Å². The van der Waals surface area contributed by atoms with Crippen molar-refractivity contribution in [3.63, 3.8) is 0 Å². The molecule has 1 saturated carbocycles. The van der Waals surface area contributed by atoms with Crippen LogP contribution in [-0.2, 0) is 13.6 Å². The molecule has 0 aromatic rings. The summed E-state index contributed by atoms with van der Waals surface area (Å²) >= 11 is 0. The van der Waals surface area contributed by atoms with E-state index in [0.29, 0.717) is 31.0 Å². The van der Waals surface area contributed by atoms with Crippen LogP contribution in [0.3, 0.4) is 0 Å². The van der Waals surface area contributed by atoms with Gasteiger partial charge in [-0.05, 0) is 50.9 Å². The SMILES string of the molecule is CCOP(=O)(OCC)[C@@H]1C[C@H](C(C)C)CC[C@@H]1C. The molecule has 4 heteroatoms. The van der Waals surface area contributed by atoms with Crippen LogP contribution in [0.5, 0.6) is 0 Å². The molecule has 0 spiro atoms. The maximum absolute atomic E-state index is 12.9. The lowest BCUT2D eigenvalue weighted by molar-refractivity contribution is 0.170. The Bertz CT molecular complexity index is 281. The number of hydrogen-bond donors (Lipinski definition) is 0. The lowest BCUT2D eigenvalue weighted by Gasteiger charge is -2.39. The lowest BCUT2D eigenvalue weighted by Crippen LogP contribution is -2.31. The minimum Gasteiger partial charge on any atom is -0.309 e. The number of hydrogen-bond acceptors (Lipinski definition) is 3. The summed E-state index contributed by atoms with van der Waals surface area (Å²) in [5.41, 5.74) is 0.0820. The molecule has 0 aromatic heterocycles. The van der Waals surface area contributed by atoms with Crippen LogP contribution in [0.25, 0.3) is 0 Å². The summed E-state index contributed by atoms with van der Waals surface area (Å²) in [5, 5.41) is 0. The minimum atomic E-state index is -2.93. The predicted molar refractivity (Wildman–Crippen MR) is 76.0 cm³/mol. The molecule has 0 N–H and O–H groups in total. The maximum atomic E-state index is 12.9. The quantitative estimate of drug-likeness (QED) is 0.659. The second-order valence-electron chi connectivity index (χ2n) is 5.74. The van der Waals surface area contributed by atoms with Gasteiger partial charge in [-0.1, -0.05) is 20.8 Å². The van der Waals surface area contributed by atoms with Gasteiger partial charge in [-0.3, -0.25) is 4.57 Å². The molecule has 0 unspecified atom stereocenters. The van der Waals surface area contributed by atoms with Crippen LogP contribution in [0, 0.1) is 17.8 Å². The normalized spacial score (nSPS) is 29.8. The topological polar surface area (TPSA) is 35.5 Å². The van der Waals surface area contributed by atoms with Crippen LogP contribution in [-0.4, -0.2) is 18.9 Å². The van der Waals surface area contributed by atoms with E-state index in [1.54, 1.807) is 0 Å². The summed E-state index contributed by atoms with van der Waals surface area (Å²) in [6.45, 7) is 11.4. The van der Waals surface area contributed by atoms with Gasteiger partial charge < -0.3 is 9.05 Å². The van der Waals surface area contributed by atoms with Crippen molar-refractivity contribution in [2.75, 3.05) is 13.2 Å². The summed E-state index contributed by atoms with van der Waals surface area (Å²) in [6.07, 6.45) is 3.36. The molecule has 1 rings (SSSR count). The summed E-state index contributed by atoms with van der Waals surface area (Å²) < 4.78 is 24.0. The van der Waals surface area contributed by atoms with Crippen LogP contribution >= 0.6 is 7.60 Å². The number of rotatable bonds is 6. The van der Waals surface area contributed by atoms with E-state index in [9.17, 15) is 4.57 Å². The van der Waals surface area contributed by atoms with E-state index in [4.69, 9.17) is 9.05 Å². The lowest BCUT2D eigenvalue weighted by atomic mass is 9.77. The van der Waals surface area contributed by atoms with E-state index in [-0.39, 0.29) is 5.66 Å². The van der Waals surface area contributed by atoms with Crippen molar-refractivity contribution in [2.24, 2.45) is 17.8 Å². The Balaban J connectivity index is 2.83. The standard InChI is InChI=1S/C14H29O3P/c1-6-16-18(15,17-7-2)14-10-13(11(3)4)9-8-12(14)5/h11-14H,6-10H2,1-5H3/t12-,13+,14+/m0/s1. The van der Waals surface area contributed by atoms with Gasteiger partial charge in [0.25, 0.3) is 0 Å². The second-order valence-corrected chi connectivity index (χ2v) is 8.00. The third-order valence-electron chi connectivity index (χ3n) is 4.16. The Labute approximate surface area is 112 Å². The molecular formula is C14H29O3P. The molecular weight excluding hydrogens is 247 g/mol. The van der Waals surface area contributed by atoms with E-state index < -0.39 is 7.60 Å². The summed E-state index contributed by atoms with van der Waals surface area (Å²) in [6, 6.07) is 0. The van der Waals surface area contributed by atoms with Crippen molar-refractivity contribution in [3.8, 4) is 0 Å². The van der Waals surface area contributed by atoms with Crippen LogP contribution < -0.4 is 0 Å². The highest BCUT2D eigenvalue weighted by Crippen LogP contribution is 2.60. The third kappa shape index (κ3) is 3.82. The van der Waals surface area contributed by atoms with Gasteiger partial charge in [0, 0.05) is 0 Å². The van der Waals surface area contributed by atoms with Crippen molar-refractivity contribution in [1.29, 1.82) is 0 Å². The van der Waals surface area contributed by atoms with Gasteiger partial charge in [-0.2, -0.15) is 0 Å². The second kappa shape index (κ2) is 7.07. The average Bonchev–Trinajstić information content (AvgIpc) is 2.29. The predicted octanol–water partition coefficient (Wildman–Crippen LogP) is 4.71. The highest BCUT2D eigenvalue weighted by molar-refractivity contribution is 7.54. The molecule has 0 aliphatic heterocycles. The zero-order chi connectivity index (χ0) is 13.8. The van der Waals surface area contributed by atoms with Crippen molar-refractivity contribution in [1.82, 2.24) is 0 Å². The fourth-order valence-electron chi connectivity index (χ4n) is 2.96. The van der Waals surface area contributed by atoms with E-state index in [1.807, 2.05) is 13.8 Å². The van der Waals surface area contributed by atoms with E-state index >= 15 is 0 Å². The van der Waals surface area contributed by atoms with Crippen molar-refractivity contribution < 1.29 is 13.6 Å². The molecule has 1 aliphatic carbocycles. The van der Waals surface area contributed by atoms with Crippen LogP contribution in [0.2, 0.25) is 0 Å². The van der Waals surface area contributed by atoms with Crippen LogP contribution in [0.15, 0.2) is 0 Å². The summed E-state index contributed by atoms with van der Waals surface area (Å²) in [5.74, 6) is 1.74. The molecule has 0 heterocycles. The Hall–Kier alpha value is 0.150. The first-order valence-electron chi connectivity index (χ1n) is 7.33. The zero-order valence-electron chi connectivity index (χ0n) is 12.5. The Morgan fingerprint density at radius 2 is 1.72 bits per heavy atom. The first-order valence-corrected chi connectivity index (χ1v) is 8.94. The Kier molecular flexibility index (Phi) is 6.37. The smallest absolute Gasteiger partial charge is 0.309 e.